The largest absolute Gasteiger partial charge is 0.493 e. The molecule has 8 heteroatoms. The summed E-state index contributed by atoms with van der Waals surface area (Å²) in [5, 5.41) is 28.0. The minimum Gasteiger partial charge on any atom is -0.493 e. The fraction of sp³-hybridized carbons (Fsp3) is 0.458. The Hall–Kier alpha value is -3.47. The van der Waals surface area contributed by atoms with Crippen molar-refractivity contribution in [1.29, 1.82) is 5.26 Å². The van der Waals surface area contributed by atoms with Crippen LogP contribution in [-0.2, 0) is 11.3 Å². The zero-order chi connectivity index (χ0) is 23.5. The van der Waals surface area contributed by atoms with Crippen LogP contribution in [-0.4, -0.2) is 22.2 Å². The Kier molecular flexibility index (Phi) is 9.61. The Bertz CT molecular complexity index is 1050. The minimum atomic E-state index is -0.490. The van der Waals surface area contributed by atoms with Gasteiger partial charge in [0.05, 0.1) is 17.9 Å². The van der Waals surface area contributed by atoms with E-state index in [0.29, 0.717) is 30.8 Å². The van der Waals surface area contributed by atoms with Crippen molar-refractivity contribution in [3.05, 3.63) is 51.3 Å². The SMILES string of the molecule is CCCCCCn1c(O)c(C#N)c(C)c(N=Nc2ccc(C(=O)OCCCC)cc2)c1=O. The van der Waals surface area contributed by atoms with Crippen LogP contribution in [0.25, 0.3) is 0 Å². The van der Waals surface area contributed by atoms with E-state index in [2.05, 4.69) is 17.2 Å². The molecule has 0 atom stereocenters. The lowest BCUT2D eigenvalue weighted by atomic mass is 10.1. The summed E-state index contributed by atoms with van der Waals surface area (Å²) in [4.78, 5) is 24.9. The average molecular weight is 439 g/mol. The van der Waals surface area contributed by atoms with Crippen LogP contribution >= 0.6 is 0 Å². The van der Waals surface area contributed by atoms with Gasteiger partial charge in [0.25, 0.3) is 5.56 Å². The summed E-state index contributed by atoms with van der Waals surface area (Å²) in [5.41, 5.74) is 0.657. The van der Waals surface area contributed by atoms with Crippen molar-refractivity contribution >= 4 is 17.3 Å². The second-order valence-corrected chi connectivity index (χ2v) is 7.54. The quantitative estimate of drug-likeness (QED) is 0.275. The number of benzene rings is 1. The zero-order valence-corrected chi connectivity index (χ0v) is 18.9. The number of nitriles is 1. The van der Waals surface area contributed by atoms with Gasteiger partial charge in [0.2, 0.25) is 5.88 Å². The Balaban J connectivity index is 2.26. The molecule has 2 rings (SSSR count). The van der Waals surface area contributed by atoms with Gasteiger partial charge in [-0.1, -0.05) is 39.5 Å². The van der Waals surface area contributed by atoms with Crippen LogP contribution in [0.5, 0.6) is 5.88 Å². The molecule has 170 valence electrons. The highest BCUT2D eigenvalue weighted by atomic mass is 16.5. The summed E-state index contributed by atoms with van der Waals surface area (Å²) < 4.78 is 6.36. The number of rotatable bonds is 11. The molecule has 32 heavy (non-hydrogen) atoms. The number of hydrogen-bond acceptors (Lipinski definition) is 7. The number of carbonyl (C=O) groups is 1. The number of esters is 1. The Morgan fingerprint density at radius 2 is 1.78 bits per heavy atom. The summed E-state index contributed by atoms with van der Waals surface area (Å²) in [6.45, 7) is 6.35. The first kappa shape index (κ1) is 24.8. The number of nitrogens with zero attached hydrogens (tertiary/aromatic N) is 4. The molecule has 0 fully saturated rings. The number of carbonyl (C=O) groups excluding carboxylic acids is 1. The van der Waals surface area contributed by atoms with E-state index in [-0.39, 0.29) is 22.7 Å². The van der Waals surface area contributed by atoms with Crippen LogP contribution in [0, 0.1) is 18.3 Å². The van der Waals surface area contributed by atoms with Crippen molar-refractivity contribution in [3.8, 4) is 11.9 Å². The van der Waals surface area contributed by atoms with Crippen molar-refractivity contribution in [1.82, 2.24) is 4.57 Å². The zero-order valence-electron chi connectivity index (χ0n) is 18.9. The molecule has 2 aromatic rings. The number of ether oxygens (including phenoxy) is 1. The van der Waals surface area contributed by atoms with Crippen molar-refractivity contribution in [2.45, 2.75) is 65.8 Å². The highest BCUT2D eigenvalue weighted by molar-refractivity contribution is 5.89. The van der Waals surface area contributed by atoms with E-state index < -0.39 is 11.5 Å². The van der Waals surface area contributed by atoms with Gasteiger partial charge in [0.15, 0.2) is 5.69 Å². The average Bonchev–Trinajstić information content (AvgIpc) is 2.79. The first-order valence-electron chi connectivity index (χ1n) is 11.0. The van der Waals surface area contributed by atoms with E-state index in [1.54, 1.807) is 31.2 Å². The van der Waals surface area contributed by atoms with Crippen LogP contribution < -0.4 is 5.56 Å². The van der Waals surface area contributed by atoms with Crippen molar-refractivity contribution in [2.24, 2.45) is 10.2 Å². The summed E-state index contributed by atoms with van der Waals surface area (Å²) in [7, 11) is 0. The molecule has 8 nitrogen and oxygen atoms in total. The molecule has 1 aromatic carbocycles. The molecule has 0 amide bonds. The van der Waals surface area contributed by atoms with Gasteiger partial charge in [-0.25, -0.2) is 4.79 Å². The molecule has 0 radical (unpaired) electrons. The second-order valence-electron chi connectivity index (χ2n) is 7.54. The molecule has 0 saturated carbocycles. The lowest BCUT2D eigenvalue weighted by Crippen LogP contribution is -2.22. The normalized spacial score (nSPS) is 10.9. The number of pyridine rings is 1. The van der Waals surface area contributed by atoms with Gasteiger partial charge in [-0.05, 0) is 44.0 Å². The molecule has 1 aromatic heterocycles. The van der Waals surface area contributed by atoms with Crippen LogP contribution in [0.2, 0.25) is 0 Å². The predicted octanol–water partition coefficient (Wildman–Crippen LogP) is 5.69. The van der Waals surface area contributed by atoms with E-state index in [1.165, 1.54) is 4.57 Å². The molecule has 0 bridgehead atoms. The van der Waals surface area contributed by atoms with Gasteiger partial charge < -0.3 is 9.84 Å². The van der Waals surface area contributed by atoms with Crippen LogP contribution in [0.1, 0.15) is 73.9 Å². The maximum absolute atomic E-state index is 12.9. The first-order valence-corrected chi connectivity index (χ1v) is 11.0. The van der Waals surface area contributed by atoms with E-state index in [4.69, 9.17) is 4.74 Å². The van der Waals surface area contributed by atoms with E-state index in [0.717, 1.165) is 32.1 Å². The van der Waals surface area contributed by atoms with Crippen LogP contribution in [0.3, 0.4) is 0 Å². The molecule has 0 aliphatic carbocycles. The fourth-order valence-corrected chi connectivity index (χ4v) is 3.13. The Labute approximate surface area is 188 Å². The van der Waals surface area contributed by atoms with Gasteiger partial charge in [-0.2, -0.15) is 10.4 Å². The lowest BCUT2D eigenvalue weighted by molar-refractivity contribution is 0.0500. The molecule has 1 N–H and O–H groups in total. The monoisotopic (exact) mass is 438 g/mol. The maximum atomic E-state index is 12.9. The molecule has 0 spiro atoms. The fourth-order valence-electron chi connectivity index (χ4n) is 3.13. The standard InChI is InChI=1S/C24H30N4O4/c1-4-6-8-9-14-28-22(29)20(16-25)17(3)21(23(28)30)27-26-19-12-10-18(11-13-19)24(31)32-15-7-5-2/h10-13,29H,4-9,14-15H2,1-3H3. The molecular formula is C24H30N4O4. The van der Waals surface area contributed by atoms with Gasteiger partial charge in [0.1, 0.15) is 11.6 Å². The van der Waals surface area contributed by atoms with Crippen molar-refractivity contribution in [3.63, 3.8) is 0 Å². The summed E-state index contributed by atoms with van der Waals surface area (Å²) in [6.07, 6.45) is 5.46. The number of aromatic nitrogens is 1. The summed E-state index contributed by atoms with van der Waals surface area (Å²) >= 11 is 0. The van der Waals surface area contributed by atoms with E-state index >= 15 is 0 Å². The first-order chi connectivity index (χ1) is 15.4. The maximum Gasteiger partial charge on any atom is 0.338 e. The van der Waals surface area contributed by atoms with Gasteiger partial charge in [0, 0.05) is 12.1 Å². The number of hydrogen-bond donors (Lipinski definition) is 1. The number of unbranched alkanes of at least 4 members (excludes halogenated alkanes) is 4. The summed E-state index contributed by atoms with van der Waals surface area (Å²) in [5.74, 6) is -0.739. The third kappa shape index (κ3) is 6.27. The Morgan fingerprint density at radius 3 is 2.41 bits per heavy atom. The van der Waals surface area contributed by atoms with E-state index in [1.807, 2.05) is 13.0 Å². The third-order valence-corrected chi connectivity index (χ3v) is 5.10. The highest BCUT2D eigenvalue weighted by Crippen LogP contribution is 2.27. The number of aromatic hydroxyl groups is 1. The van der Waals surface area contributed by atoms with Gasteiger partial charge >= 0.3 is 5.97 Å². The topological polar surface area (TPSA) is 117 Å². The van der Waals surface area contributed by atoms with Crippen LogP contribution in [0.4, 0.5) is 11.4 Å². The molecule has 0 saturated heterocycles. The lowest BCUT2D eigenvalue weighted by Gasteiger charge is -2.12. The molecule has 0 unspecified atom stereocenters. The number of azo groups is 1. The van der Waals surface area contributed by atoms with Crippen molar-refractivity contribution in [2.75, 3.05) is 6.61 Å². The minimum absolute atomic E-state index is 0.0119. The third-order valence-electron chi connectivity index (χ3n) is 5.10. The Morgan fingerprint density at radius 1 is 1.09 bits per heavy atom. The molecule has 0 aliphatic rings. The van der Waals surface area contributed by atoms with Gasteiger partial charge in [-0.15, -0.1) is 5.11 Å². The highest BCUT2D eigenvalue weighted by Gasteiger charge is 2.19. The van der Waals surface area contributed by atoms with E-state index in [9.17, 15) is 20.0 Å². The second kappa shape index (κ2) is 12.4. The molecular weight excluding hydrogens is 408 g/mol. The predicted molar refractivity (Wildman–Crippen MR) is 122 cm³/mol. The smallest absolute Gasteiger partial charge is 0.338 e. The molecule has 1 heterocycles. The molecule has 0 aliphatic heterocycles. The van der Waals surface area contributed by atoms with Gasteiger partial charge in [-0.3, -0.25) is 9.36 Å². The van der Waals surface area contributed by atoms with Crippen molar-refractivity contribution < 1.29 is 14.6 Å². The summed E-state index contributed by atoms with van der Waals surface area (Å²) in [6, 6.07) is 8.32. The van der Waals surface area contributed by atoms with Crippen LogP contribution in [0.15, 0.2) is 39.3 Å².